The van der Waals surface area contributed by atoms with E-state index in [0.29, 0.717) is 4.88 Å². The molecule has 0 saturated carbocycles. The van der Waals surface area contributed by atoms with Crippen molar-refractivity contribution in [3.8, 4) is 0 Å². The first kappa shape index (κ1) is 12.1. The zero-order valence-corrected chi connectivity index (χ0v) is 11.1. The van der Waals surface area contributed by atoms with Crippen LogP contribution in [0.15, 0.2) is 12.1 Å². The Morgan fingerprint density at radius 1 is 1.35 bits per heavy atom. The van der Waals surface area contributed by atoms with Crippen molar-refractivity contribution in [1.82, 2.24) is 0 Å². The van der Waals surface area contributed by atoms with E-state index in [0.717, 1.165) is 28.5 Å². The fraction of sp³-hybridized carbons (Fsp3) is 0.357. The van der Waals surface area contributed by atoms with Crippen molar-refractivity contribution in [2.45, 2.75) is 33.6 Å². The third kappa shape index (κ3) is 2.07. The second-order valence-electron chi connectivity index (χ2n) is 4.42. The number of hydrogen-bond donors (Lipinski definition) is 1. The van der Waals surface area contributed by atoms with Gasteiger partial charge in [-0.3, -0.25) is 0 Å². The molecule has 0 atom stereocenters. The second-order valence-corrected chi connectivity index (χ2v) is 5.44. The number of carbonyl (C=O) groups is 1. The number of fused-ring (bicyclic) bond motifs is 1. The van der Waals surface area contributed by atoms with Gasteiger partial charge in [0.2, 0.25) is 0 Å². The van der Waals surface area contributed by atoms with E-state index in [9.17, 15) is 9.90 Å². The highest BCUT2D eigenvalue weighted by atomic mass is 32.1. The van der Waals surface area contributed by atoms with Crippen molar-refractivity contribution in [3.63, 3.8) is 0 Å². The molecule has 1 aromatic heterocycles. The Bertz CT molecular complexity index is 581. The lowest BCUT2D eigenvalue weighted by atomic mass is 10.0. The van der Waals surface area contributed by atoms with E-state index < -0.39 is 5.97 Å². The predicted octanol–water partition coefficient (Wildman–Crippen LogP) is 4.17. The highest BCUT2D eigenvalue weighted by Gasteiger charge is 2.18. The molecule has 0 bridgehead atoms. The Kier molecular flexibility index (Phi) is 3.20. The standard InChI is InChI=1S/C14H16O2S/c1-4-5-10-11-7-8(2)6-9(3)12(11)17-13(10)14(15)16/h6-7H,4-5H2,1-3H3,(H,15,16). The zero-order chi connectivity index (χ0) is 12.6. The third-order valence-corrected chi connectivity index (χ3v) is 4.29. The molecule has 90 valence electrons. The van der Waals surface area contributed by atoms with Gasteiger partial charge in [-0.2, -0.15) is 0 Å². The molecule has 0 spiro atoms. The molecular formula is C14H16O2S. The molecule has 2 nitrogen and oxygen atoms in total. The minimum Gasteiger partial charge on any atom is -0.477 e. The van der Waals surface area contributed by atoms with Crippen molar-refractivity contribution in [1.29, 1.82) is 0 Å². The number of carboxylic acid groups (broad SMARTS) is 1. The predicted molar refractivity (Wildman–Crippen MR) is 72.3 cm³/mol. The Morgan fingerprint density at radius 2 is 2.06 bits per heavy atom. The molecule has 0 amide bonds. The maximum Gasteiger partial charge on any atom is 0.346 e. The van der Waals surface area contributed by atoms with Gasteiger partial charge in [-0.1, -0.05) is 31.0 Å². The number of hydrogen-bond acceptors (Lipinski definition) is 2. The van der Waals surface area contributed by atoms with Crippen molar-refractivity contribution in [2.24, 2.45) is 0 Å². The minimum absolute atomic E-state index is 0.510. The van der Waals surface area contributed by atoms with Gasteiger partial charge in [0.1, 0.15) is 4.88 Å². The zero-order valence-electron chi connectivity index (χ0n) is 10.3. The molecule has 1 aromatic carbocycles. The van der Waals surface area contributed by atoms with E-state index in [2.05, 4.69) is 26.0 Å². The largest absolute Gasteiger partial charge is 0.477 e. The summed E-state index contributed by atoms with van der Waals surface area (Å²) in [4.78, 5) is 11.8. The van der Waals surface area contributed by atoms with Crippen LogP contribution < -0.4 is 0 Å². The quantitative estimate of drug-likeness (QED) is 0.885. The fourth-order valence-electron chi connectivity index (χ4n) is 2.27. The van der Waals surface area contributed by atoms with Crippen LogP contribution in [0, 0.1) is 13.8 Å². The molecule has 0 aliphatic heterocycles. The lowest BCUT2D eigenvalue weighted by Crippen LogP contribution is -1.97. The highest BCUT2D eigenvalue weighted by Crippen LogP contribution is 2.35. The van der Waals surface area contributed by atoms with E-state index in [4.69, 9.17) is 0 Å². The smallest absolute Gasteiger partial charge is 0.346 e. The lowest BCUT2D eigenvalue weighted by Gasteiger charge is -2.02. The summed E-state index contributed by atoms with van der Waals surface area (Å²) in [5.41, 5.74) is 3.38. The molecule has 0 aliphatic rings. The van der Waals surface area contributed by atoms with Crippen LogP contribution in [-0.4, -0.2) is 11.1 Å². The van der Waals surface area contributed by atoms with Crippen LogP contribution in [0.3, 0.4) is 0 Å². The van der Waals surface area contributed by atoms with Crippen molar-refractivity contribution in [2.75, 3.05) is 0 Å². The summed E-state index contributed by atoms with van der Waals surface area (Å²) in [6.45, 7) is 6.19. The van der Waals surface area contributed by atoms with Crippen LogP contribution in [0.4, 0.5) is 0 Å². The van der Waals surface area contributed by atoms with Gasteiger partial charge in [-0.15, -0.1) is 11.3 Å². The van der Waals surface area contributed by atoms with Gasteiger partial charge in [0, 0.05) is 4.70 Å². The summed E-state index contributed by atoms with van der Waals surface area (Å²) in [5, 5.41) is 10.4. The molecule has 2 aromatic rings. The monoisotopic (exact) mass is 248 g/mol. The van der Waals surface area contributed by atoms with Gasteiger partial charge in [0.05, 0.1) is 0 Å². The van der Waals surface area contributed by atoms with Gasteiger partial charge in [-0.25, -0.2) is 4.79 Å². The molecule has 0 radical (unpaired) electrons. The van der Waals surface area contributed by atoms with Gasteiger partial charge in [0.15, 0.2) is 0 Å². The number of thiophene rings is 1. The first-order valence-corrected chi connectivity index (χ1v) is 6.62. The minimum atomic E-state index is -0.799. The van der Waals surface area contributed by atoms with Crippen LogP contribution in [0.5, 0.6) is 0 Å². The Hall–Kier alpha value is -1.35. The van der Waals surface area contributed by atoms with Crippen LogP contribution in [0.2, 0.25) is 0 Å². The van der Waals surface area contributed by atoms with E-state index in [1.807, 2.05) is 6.92 Å². The third-order valence-electron chi connectivity index (χ3n) is 2.92. The average Bonchev–Trinajstić information content (AvgIpc) is 2.58. The highest BCUT2D eigenvalue weighted by molar-refractivity contribution is 7.21. The summed E-state index contributed by atoms with van der Waals surface area (Å²) in [7, 11) is 0. The Labute approximate surface area is 105 Å². The van der Waals surface area contributed by atoms with E-state index >= 15 is 0 Å². The Morgan fingerprint density at radius 3 is 2.65 bits per heavy atom. The number of aryl methyl sites for hydroxylation is 3. The van der Waals surface area contributed by atoms with Gasteiger partial charge >= 0.3 is 5.97 Å². The van der Waals surface area contributed by atoms with Crippen molar-refractivity contribution < 1.29 is 9.90 Å². The summed E-state index contributed by atoms with van der Waals surface area (Å²) in [6.07, 6.45) is 1.81. The molecular weight excluding hydrogens is 232 g/mol. The van der Waals surface area contributed by atoms with Gasteiger partial charge in [-0.05, 0) is 36.8 Å². The molecule has 3 heteroatoms. The second kappa shape index (κ2) is 4.49. The van der Waals surface area contributed by atoms with E-state index in [1.54, 1.807) is 0 Å². The maximum atomic E-state index is 11.3. The summed E-state index contributed by atoms with van der Waals surface area (Å²) >= 11 is 1.41. The lowest BCUT2D eigenvalue weighted by molar-refractivity contribution is 0.0701. The molecule has 0 unspecified atom stereocenters. The summed E-state index contributed by atoms with van der Waals surface area (Å²) < 4.78 is 1.12. The first-order chi connectivity index (χ1) is 8.04. The molecule has 1 heterocycles. The van der Waals surface area contributed by atoms with E-state index in [1.165, 1.54) is 22.5 Å². The first-order valence-electron chi connectivity index (χ1n) is 5.80. The molecule has 17 heavy (non-hydrogen) atoms. The van der Waals surface area contributed by atoms with Gasteiger partial charge in [0.25, 0.3) is 0 Å². The number of rotatable bonds is 3. The molecule has 0 aliphatic carbocycles. The van der Waals surface area contributed by atoms with Crippen LogP contribution >= 0.6 is 11.3 Å². The van der Waals surface area contributed by atoms with Crippen molar-refractivity contribution in [3.05, 3.63) is 33.7 Å². The van der Waals surface area contributed by atoms with E-state index in [-0.39, 0.29) is 0 Å². The average molecular weight is 248 g/mol. The van der Waals surface area contributed by atoms with Gasteiger partial charge < -0.3 is 5.11 Å². The molecule has 1 N–H and O–H groups in total. The van der Waals surface area contributed by atoms with Crippen LogP contribution in [0.1, 0.15) is 39.7 Å². The summed E-state index contributed by atoms with van der Waals surface area (Å²) in [6, 6.07) is 4.22. The van der Waals surface area contributed by atoms with Crippen LogP contribution in [0.25, 0.3) is 10.1 Å². The van der Waals surface area contributed by atoms with Crippen LogP contribution in [-0.2, 0) is 6.42 Å². The summed E-state index contributed by atoms with van der Waals surface area (Å²) in [5.74, 6) is -0.799. The van der Waals surface area contributed by atoms with Crippen molar-refractivity contribution >= 4 is 27.4 Å². The molecule has 0 saturated heterocycles. The maximum absolute atomic E-state index is 11.3. The Balaban J connectivity index is 2.79. The normalized spacial score (nSPS) is 11.0. The molecule has 2 rings (SSSR count). The fourth-order valence-corrected chi connectivity index (χ4v) is 3.41. The topological polar surface area (TPSA) is 37.3 Å². The molecule has 0 fully saturated rings. The number of carboxylic acids is 1. The SMILES string of the molecule is CCCc1c(C(=O)O)sc2c(C)cc(C)cc12. The number of aromatic carboxylic acids is 1. The number of benzene rings is 1.